The van der Waals surface area contributed by atoms with Crippen LogP contribution >= 0.6 is 0 Å². The summed E-state index contributed by atoms with van der Waals surface area (Å²) in [5.41, 5.74) is 3.42. The Hall–Kier alpha value is -3.85. The predicted octanol–water partition coefficient (Wildman–Crippen LogP) is 5.79. The molecule has 6 rings (SSSR count). The van der Waals surface area contributed by atoms with Gasteiger partial charge in [-0.3, -0.25) is 4.79 Å². The molecule has 0 bridgehead atoms. The second kappa shape index (κ2) is 10.6. The summed E-state index contributed by atoms with van der Waals surface area (Å²) in [4.78, 5) is 23.3. The standard InChI is InChI=1S/C17H20FN3O.C14H16FN3/c1-4-16(22)21-10-15-19-14(9-20(15)11-17(21,2)3)12-5-7-13(18)8-6-12;1-14(2)9-18-8-12(17-13(18)7-16-14)10-3-5-11(15)6-4-10/h5-9H,4,10-11H2,1-3H3;3-6,8,16H,7,9H2,1-2H3. The van der Waals surface area contributed by atoms with Crippen molar-refractivity contribution in [1.82, 2.24) is 29.3 Å². The molecule has 0 radical (unpaired) electrons. The molecule has 4 heterocycles. The zero-order valence-corrected chi connectivity index (χ0v) is 23.7. The molecule has 7 nitrogen and oxygen atoms in total. The third-order valence-corrected chi connectivity index (χ3v) is 7.48. The van der Waals surface area contributed by atoms with Gasteiger partial charge in [0.2, 0.25) is 5.91 Å². The molecule has 0 aliphatic carbocycles. The van der Waals surface area contributed by atoms with Crippen molar-refractivity contribution in [2.75, 3.05) is 0 Å². The molecule has 1 N–H and O–H groups in total. The Morgan fingerprint density at radius 3 is 1.85 bits per heavy atom. The second-order valence-corrected chi connectivity index (χ2v) is 11.7. The van der Waals surface area contributed by atoms with Gasteiger partial charge in [-0.25, -0.2) is 18.7 Å². The number of carbonyl (C=O) groups excluding carboxylic acids is 1. The first-order valence-electron chi connectivity index (χ1n) is 13.6. The van der Waals surface area contributed by atoms with Crippen LogP contribution in [0.25, 0.3) is 22.5 Å². The number of nitrogens with one attached hydrogen (secondary N) is 1. The molecule has 0 saturated carbocycles. The smallest absolute Gasteiger partial charge is 0.223 e. The van der Waals surface area contributed by atoms with Gasteiger partial charge in [-0.1, -0.05) is 6.92 Å². The van der Waals surface area contributed by atoms with Crippen LogP contribution in [-0.2, 0) is 31.0 Å². The van der Waals surface area contributed by atoms with Crippen molar-refractivity contribution in [3.8, 4) is 22.5 Å². The Kier molecular flexibility index (Phi) is 7.35. The highest BCUT2D eigenvalue weighted by Crippen LogP contribution is 2.29. The largest absolute Gasteiger partial charge is 0.331 e. The van der Waals surface area contributed by atoms with Crippen molar-refractivity contribution in [2.45, 2.75) is 78.3 Å². The summed E-state index contributed by atoms with van der Waals surface area (Å²) in [6.07, 6.45) is 4.53. The molecule has 9 heteroatoms. The van der Waals surface area contributed by atoms with Crippen molar-refractivity contribution >= 4 is 5.91 Å². The van der Waals surface area contributed by atoms with Crippen LogP contribution in [0.15, 0.2) is 60.9 Å². The van der Waals surface area contributed by atoms with Gasteiger partial charge < -0.3 is 19.4 Å². The molecule has 2 aromatic heterocycles. The van der Waals surface area contributed by atoms with Gasteiger partial charge >= 0.3 is 0 Å². The van der Waals surface area contributed by atoms with Gasteiger partial charge in [0.1, 0.15) is 23.3 Å². The second-order valence-electron chi connectivity index (χ2n) is 11.7. The highest BCUT2D eigenvalue weighted by Gasteiger charge is 2.36. The van der Waals surface area contributed by atoms with E-state index in [0.29, 0.717) is 19.5 Å². The van der Waals surface area contributed by atoms with Crippen LogP contribution in [-0.4, -0.2) is 41.0 Å². The fourth-order valence-electron chi connectivity index (χ4n) is 5.24. The third kappa shape index (κ3) is 5.84. The van der Waals surface area contributed by atoms with E-state index in [2.05, 4.69) is 52.1 Å². The highest BCUT2D eigenvalue weighted by atomic mass is 19.1. The Balaban J connectivity index is 0.000000164. The zero-order chi connectivity index (χ0) is 28.7. The van der Waals surface area contributed by atoms with Crippen LogP contribution < -0.4 is 5.32 Å². The fourth-order valence-corrected chi connectivity index (χ4v) is 5.24. The van der Waals surface area contributed by atoms with E-state index in [9.17, 15) is 13.6 Å². The van der Waals surface area contributed by atoms with Crippen LogP contribution in [0.3, 0.4) is 0 Å². The molecule has 1 amide bonds. The number of hydrogen-bond donors (Lipinski definition) is 1. The van der Waals surface area contributed by atoms with Gasteiger partial charge in [0.05, 0.1) is 30.0 Å². The normalized spacial score (nSPS) is 16.9. The maximum Gasteiger partial charge on any atom is 0.223 e. The number of fused-ring (bicyclic) bond motifs is 2. The number of nitrogens with zero attached hydrogens (tertiary/aromatic N) is 5. The molecule has 210 valence electrons. The number of rotatable bonds is 3. The number of aromatic nitrogens is 4. The summed E-state index contributed by atoms with van der Waals surface area (Å²) < 4.78 is 30.2. The number of hydrogen-bond acceptors (Lipinski definition) is 4. The van der Waals surface area contributed by atoms with Gasteiger partial charge in [-0.15, -0.1) is 0 Å². The quantitative estimate of drug-likeness (QED) is 0.353. The Morgan fingerprint density at radius 2 is 1.32 bits per heavy atom. The number of benzene rings is 2. The lowest BCUT2D eigenvalue weighted by atomic mass is 9.99. The van der Waals surface area contributed by atoms with E-state index in [1.807, 2.05) is 24.2 Å². The Bertz CT molecular complexity index is 1500. The summed E-state index contributed by atoms with van der Waals surface area (Å²) in [6.45, 7) is 13.3. The van der Waals surface area contributed by atoms with Crippen LogP contribution in [0.2, 0.25) is 0 Å². The van der Waals surface area contributed by atoms with E-state index >= 15 is 0 Å². The molecule has 0 fully saturated rings. The average Bonchev–Trinajstić information content (AvgIpc) is 3.51. The molecule has 2 aliphatic heterocycles. The molecular formula is C31H36F2N6O. The van der Waals surface area contributed by atoms with Crippen molar-refractivity contribution in [3.05, 3.63) is 84.2 Å². The van der Waals surface area contributed by atoms with E-state index in [4.69, 9.17) is 0 Å². The van der Waals surface area contributed by atoms with Crippen molar-refractivity contribution in [2.24, 2.45) is 0 Å². The minimum Gasteiger partial charge on any atom is -0.331 e. The fraction of sp³-hybridized carbons (Fsp3) is 0.387. The molecule has 40 heavy (non-hydrogen) atoms. The molecular weight excluding hydrogens is 510 g/mol. The first-order chi connectivity index (χ1) is 18.9. The summed E-state index contributed by atoms with van der Waals surface area (Å²) >= 11 is 0. The van der Waals surface area contributed by atoms with Crippen LogP contribution in [0.5, 0.6) is 0 Å². The van der Waals surface area contributed by atoms with Crippen molar-refractivity contribution in [1.29, 1.82) is 0 Å². The maximum atomic E-state index is 13.0. The molecule has 0 unspecified atom stereocenters. The lowest BCUT2D eigenvalue weighted by Crippen LogP contribution is -2.53. The molecule has 4 aromatic rings. The van der Waals surface area contributed by atoms with E-state index in [1.165, 1.54) is 24.3 Å². The van der Waals surface area contributed by atoms with Crippen LogP contribution in [0, 0.1) is 11.6 Å². The van der Waals surface area contributed by atoms with Crippen LogP contribution in [0.1, 0.15) is 52.7 Å². The Morgan fingerprint density at radius 1 is 0.825 bits per heavy atom. The summed E-state index contributed by atoms with van der Waals surface area (Å²) in [6, 6.07) is 12.8. The van der Waals surface area contributed by atoms with Gasteiger partial charge in [-0.05, 0) is 76.2 Å². The van der Waals surface area contributed by atoms with Crippen molar-refractivity contribution in [3.63, 3.8) is 0 Å². The predicted molar refractivity (Wildman–Crippen MR) is 151 cm³/mol. The lowest BCUT2D eigenvalue weighted by molar-refractivity contribution is -0.139. The number of halogens is 2. The van der Waals surface area contributed by atoms with Gasteiger partial charge in [-0.2, -0.15) is 0 Å². The van der Waals surface area contributed by atoms with Gasteiger partial charge in [0.25, 0.3) is 0 Å². The minimum atomic E-state index is -0.256. The van der Waals surface area contributed by atoms with Crippen molar-refractivity contribution < 1.29 is 13.6 Å². The Labute approximate surface area is 233 Å². The van der Waals surface area contributed by atoms with E-state index < -0.39 is 0 Å². The monoisotopic (exact) mass is 546 g/mol. The number of carbonyl (C=O) groups is 1. The molecule has 0 atom stereocenters. The van der Waals surface area contributed by atoms with E-state index in [1.54, 1.807) is 24.3 Å². The van der Waals surface area contributed by atoms with E-state index in [0.717, 1.165) is 47.3 Å². The first-order valence-corrected chi connectivity index (χ1v) is 13.6. The summed E-state index contributed by atoms with van der Waals surface area (Å²) in [5, 5.41) is 3.45. The lowest BCUT2D eigenvalue weighted by Gasteiger charge is -2.42. The van der Waals surface area contributed by atoms with E-state index in [-0.39, 0.29) is 28.6 Å². The van der Waals surface area contributed by atoms with Gasteiger partial charge in [0, 0.05) is 48.6 Å². The minimum absolute atomic E-state index is 0.0910. The summed E-state index contributed by atoms with van der Waals surface area (Å²) in [7, 11) is 0. The SMILES string of the molecule is CC1(C)Cn2cc(-c3ccc(F)cc3)nc2CN1.CCC(=O)N1Cc2nc(-c3ccc(F)cc3)cn2CC1(C)C. The highest BCUT2D eigenvalue weighted by molar-refractivity contribution is 5.76. The number of amides is 1. The van der Waals surface area contributed by atoms with Gasteiger partial charge in [0.15, 0.2) is 0 Å². The topological polar surface area (TPSA) is 68.0 Å². The van der Waals surface area contributed by atoms with Crippen LogP contribution in [0.4, 0.5) is 8.78 Å². The first kappa shape index (κ1) is 27.7. The average molecular weight is 547 g/mol. The molecule has 0 spiro atoms. The maximum absolute atomic E-state index is 13.0. The molecule has 0 saturated heterocycles. The number of imidazole rings is 2. The molecule has 2 aromatic carbocycles. The summed E-state index contributed by atoms with van der Waals surface area (Å²) in [5.74, 6) is 1.58. The molecule has 2 aliphatic rings. The zero-order valence-electron chi connectivity index (χ0n) is 23.7. The third-order valence-electron chi connectivity index (χ3n) is 7.48.